The highest BCUT2D eigenvalue weighted by atomic mass is 16.6. The maximum absolute atomic E-state index is 10.9. The number of pyridine rings is 1. The second kappa shape index (κ2) is 4.97. The molecule has 0 atom stereocenters. The number of hydrogen-bond donors (Lipinski definition) is 2. The number of fused-ring (bicyclic) bond motifs is 1. The number of nitrogens with one attached hydrogen (secondary N) is 1. The quantitative estimate of drug-likeness (QED) is 0.636. The topological polar surface area (TPSA) is 88.3 Å². The number of aliphatic hydroxyl groups is 1. The number of nitro benzene ring substituents is 1. The second-order valence-electron chi connectivity index (χ2n) is 3.91. The molecule has 6 nitrogen and oxygen atoms in total. The van der Waals surface area contributed by atoms with Gasteiger partial charge >= 0.3 is 0 Å². The Morgan fingerprint density at radius 1 is 1.44 bits per heavy atom. The summed E-state index contributed by atoms with van der Waals surface area (Å²) < 4.78 is 0. The summed E-state index contributed by atoms with van der Waals surface area (Å²) in [6.07, 6.45) is 1.51. The Kier molecular flexibility index (Phi) is 3.38. The van der Waals surface area contributed by atoms with E-state index in [0.29, 0.717) is 11.9 Å². The van der Waals surface area contributed by atoms with Crippen molar-refractivity contribution in [3.8, 4) is 0 Å². The van der Waals surface area contributed by atoms with Gasteiger partial charge in [0.25, 0.3) is 5.69 Å². The van der Waals surface area contributed by atoms with E-state index in [0.717, 1.165) is 16.8 Å². The second-order valence-corrected chi connectivity index (χ2v) is 3.91. The van der Waals surface area contributed by atoms with Crippen molar-refractivity contribution >= 4 is 22.1 Å². The van der Waals surface area contributed by atoms with Gasteiger partial charge in [0.2, 0.25) is 0 Å². The smallest absolute Gasteiger partial charge is 0.278 e. The van der Waals surface area contributed by atoms with Gasteiger partial charge < -0.3 is 10.4 Å². The van der Waals surface area contributed by atoms with Crippen molar-refractivity contribution in [1.29, 1.82) is 0 Å². The van der Waals surface area contributed by atoms with Gasteiger partial charge in [0, 0.05) is 35.6 Å². The van der Waals surface area contributed by atoms with Crippen molar-refractivity contribution in [2.75, 3.05) is 18.5 Å². The Balaban J connectivity index is 2.63. The lowest BCUT2D eigenvalue weighted by Gasteiger charge is -2.09. The third-order valence-corrected chi connectivity index (χ3v) is 2.64. The minimum atomic E-state index is -0.421. The molecule has 0 aliphatic rings. The highest BCUT2D eigenvalue weighted by molar-refractivity contribution is 5.99. The first-order valence-electron chi connectivity index (χ1n) is 5.52. The average Bonchev–Trinajstić information content (AvgIpc) is 2.35. The van der Waals surface area contributed by atoms with Gasteiger partial charge in [-0.2, -0.15) is 0 Å². The van der Waals surface area contributed by atoms with Crippen LogP contribution >= 0.6 is 0 Å². The number of aliphatic hydroxyl groups excluding tert-OH is 1. The van der Waals surface area contributed by atoms with Crippen molar-refractivity contribution < 1.29 is 10.0 Å². The third-order valence-electron chi connectivity index (χ3n) is 2.64. The fourth-order valence-electron chi connectivity index (χ4n) is 1.83. The maximum atomic E-state index is 10.9. The highest BCUT2D eigenvalue weighted by Gasteiger charge is 2.14. The molecule has 0 aliphatic heterocycles. The normalized spacial score (nSPS) is 10.6. The fourth-order valence-corrected chi connectivity index (χ4v) is 1.83. The molecule has 0 unspecified atom stereocenters. The lowest BCUT2D eigenvalue weighted by atomic mass is 10.1. The summed E-state index contributed by atoms with van der Waals surface area (Å²) >= 11 is 0. The predicted octanol–water partition coefficient (Wildman–Crippen LogP) is 1.86. The van der Waals surface area contributed by atoms with E-state index in [-0.39, 0.29) is 12.3 Å². The zero-order valence-electron chi connectivity index (χ0n) is 9.88. The van der Waals surface area contributed by atoms with Crippen LogP contribution in [0.15, 0.2) is 24.4 Å². The van der Waals surface area contributed by atoms with Gasteiger partial charge in [-0.15, -0.1) is 0 Å². The Hall–Kier alpha value is -2.21. The van der Waals surface area contributed by atoms with Crippen LogP contribution in [0.4, 0.5) is 11.4 Å². The summed E-state index contributed by atoms with van der Waals surface area (Å²) in [5.41, 5.74) is 1.58. The van der Waals surface area contributed by atoms with E-state index >= 15 is 0 Å². The molecule has 6 heteroatoms. The lowest BCUT2D eigenvalue weighted by Crippen LogP contribution is -2.06. The molecule has 1 heterocycles. The highest BCUT2D eigenvalue weighted by Crippen LogP contribution is 2.31. The van der Waals surface area contributed by atoms with E-state index in [2.05, 4.69) is 10.3 Å². The molecule has 0 bridgehead atoms. The molecule has 0 saturated heterocycles. The minimum Gasteiger partial charge on any atom is -0.395 e. The van der Waals surface area contributed by atoms with Crippen molar-refractivity contribution in [3.05, 3.63) is 40.2 Å². The van der Waals surface area contributed by atoms with Gasteiger partial charge in [-0.3, -0.25) is 15.1 Å². The molecule has 2 rings (SSSR count). The first-order valence-corrected chi connectivity index (χ1v) is 5.52. The molecule has 2 N–H and O–H groups in total. The summed E-state index contributed by atoms with van der Waals surface area (Å²) in [4.78, 5) is 14.6. The number of nitrogens with zero attached hydrogens (tertiary/aromatic N) is 2. The zero-order chi connectivity index (χ0) is 13.1. The zero-order valence-corrected chi connectivity index (χ0v) is 9.88. The monoisotopic (exact) mass is 247 g/mol. The summed E-state index contributed by atoms with van der Waals surface area (Å²) in [6.45, 7) is 2.23. The number of aryl methyl sites for hydroxylation is 1. The molecular weight excluding hydrogens is 234 g/mol. The van der Waals surface area contributed by atoms with E-state index in [4.69, 9.17) is 5.11 Å². The Bertz CT molecular complexity index is 598. The standard InChI is InChI=1S/C12H13N3O3/c1-8-6-9-10(7-14-8)12(15(17)18)3-2-11(9)13-4-5-16/h2-3,6-7,13,16H,4-5H2,1H3. The van der Waals surface area contributed by atoms with Crippen molar-refractivity contribution in [2.24, 2.45) is 0 Å². The predicted molar refractivity (Wildman–Crippen MR) is 68.7 cm³/mol. The number of benzene rings is 1. The maximum Gasteiger partial charge on any atom is 0.278 e. The number of anilines is 1. The Morgan fingerprint density at radius 2 is 2.22 bits per heavy atom. The van der Waals surface area contributed by atoms with Gasteiger partial charge in [-0.25, -0.2) is 0 Å². The number of rotatable bonds is 4. The molecule has 0 aliphatic carbocycles. The van der Waals surface area contributed by atoms with Crippen LogP contribution < -0.4 is 5.32 Å². The Labute approximate surface area is 103 Å². The molecule has 0 fully saturated rings. The molecular formula is C12H13N3O3. The molecule has 18 heavy (non-hydrogen) atoms. The van der Waals surface area contributed by atoms with Crippen LogP contribution in [0, 0.1) is 17.0 Å². The minimum absolute atomic E-state index is 0.00253. The number of hydrogen-bond acceptors (Lipinski definition) is 5. The van der Waals surface area contributed by atoms with Gasteiger partial charge in [0.05, 0.1) is 16.9 Å². The third kappa shape index (κ3) is 2.23. The van der Waals surface area contributed by atoms with Crippen molar-refractivity contribution in [3.63, 3.8) is 0 Å². The SMILES string of the molecule is Cc1cc2c(NCCO)ccc([N+](=O)[O-])c2cn1. The molecule has 0 radical (unpaired) electrons. The molecule has 1 aromatic heterocycles. The number of aromatic nitrogens is 1. The van der Waals surface area contributed by atoms with Gasteiger partial charge in [-0.1, -0.05) is 0 Å². The van der Waals surface area contributed by atoms with E-state index in [9.17, 15) is 10.1 Å². The molecule has 0 saturated carbocycles. The molecule has 0 spiro atoms. The largest absolute Gasteiger partial charge is 0.395 e. The van der Waals surface area contributed by atoms with Gasteiger partial charge in [-0.05, 0) is 19.1 Å². The number of non-ortho nitro benzene ring substituents is 1. The van der Waals surface area contributed by atoms with E-state index < -0.39 is 4.92 Å². The summed E-state index contributed by atoms with van der Waals surface area (Å²) in [5, 5.41) is 24.0. The van der Waals surface area contributed by atoms with Crippen LogP contribution in [0.3, 0.4) is 0 Å². The lowest BCUT2D eigenvalue weighted by molar-refractivity contribution is -0.383. The first-order chi connectivity index (χ1) is 8.63. The van der Waals surface area contributed by atoms with E-state index in [1.54, 1.807) is 12.1 Å². The van der Waals surface area contributed by atoms with Crippen LogP contribution in [0.1, 0.15) is 5.69 Å². The van der Waals surface area contributed by atoms with Crippen molar-refractivity contribution in [2.45, 2.75) is 6.92 Å². The fraction of sp³-hybridized carbons (Fsp3) is 0.250. The number of nitro groups is 1. The van der Waals surface area contributed by atoms with Gasteiger partial charge in [0.1, 0.15) is 0 Å². The van der Waals surface area contributed by atoms with Crippen molar-refractivity contribution in [1.82, 2.24) is 4.98 Å². The van der Waals surface area contributed by atoms with E-state index in [1.807, 2.05) is 6.92 Å². The summed E-state index contributed by atoms with van der Waals surface area (Å²) in [6, 6.07) is 4.89. The Morgan fingerprint density at radius 3 is 2.89 bits per heavy atom. The van der Waals surface area contributed by atoms with E-state index in [1.165, 1.54) is 12.3 Å². The molecule has 2 aromatic rings. The van der Waals surface area contributed by atoms with Crippen LogP contribution in [-0.2, 0) is 0 Å². The summed E-state index contributed by atoms with van der Waals surface area (Å²) in [5.74, 6) is 0. The van der Waals surface area contributed by atoms with Crippen LogP contribution in [-0.4, -0.2) is 28.2 Å². The van der Waals surface area contributed by atoms with Gasteiger partial charge in [0.15, 0.2) is 0 Å². The van der Waals surface area contributed by atoms with Crippen LogP contribution in [0.2, 0.25) is 0 Å². The molecule has 0 amide bonds. The van der Waals surface area contributed by atoms with Crippen LogP contribution in [0.5, 0.6) is 0 Å². The molecule has 1 aromatic carbocycles. The van der Waals surface area contributed by atoms with Crippen LogP contribution in [0.25, 0.3) is 10.8 Å². The first kappa shape index (κ1) is 12.3. The summed E-state index contributed by atoms with van der Waals surface area (Å²) in [7, 11) is 0. The molecule has 94 valence electrons. The average molecular weight is 247 g/mol.